The summed E-state index contributed by atoms with van der Waals surface area (Å²) in [6.07, 6.45) is -9.75. The topological polar surface area (TPSA) is 41.1 Å². The van der Waals surface area contributed by atoms with Gasteiger partial charge in [0.15, 0.2) is 12.1 Å². The van der Waals surface area contributed by atoms with Crippen molar-refractivity contribution in [2.45, 2.75) is 24.4 Å². The van der Waals surface area contributed by atoms with Crippen molar-refractivity contribution < 1.29 is 31.1 Å². The third-order valence-corrected chi connectivity index (χ3v) is 3.47. The molecule has 2 amide bonds. The number of halogens is 6. The lowest BCUT2D eigenvalue weighted by Gasteiger charge is -2.26. The fraction of sp³-hybridized carbons (Fsp3) is 0.235. The van der Waals surface area contributed by atoms with Crippen LogP contribution in [0, 0.1) is 0 Å². The number of rotatable bonds is 4. The zero-order chi connectivity index (χ0) is 19.4. The fourth-order valence-electron chi connectivity index (χ4n) is 2.30. The van der Waals surface area contributed by atoms with E-state index in [1.807, 2.05) is 0 Å². The van der Waals surface area contributed by atoms with Crippen molar-refractivity contribution in [2.24, 2.45) is 0 Å². The highest BCUT2D eigenvalue weighted by Gasteiger charge is 2.45. The number of hydrogen-bond donors (Lipinski definition) is 2. The zero-order valence-corrected chi connectivity index (χ0v) is 13.1. The van der Waals surface area contributed by atoms with Crippen molar-refractivity contribution in [2.75, 3.05) is 0 Å². The van der Waals surface area contributed by atoms with Crippen molar-refractivity contribution in [1.29, 1.82) is 0 Å². The smallest absolute Gasteiger partial charge is 0.322 e. The summed E-state index contributed by atoms with van der Waals surface area (Å²) in [5.41, 5.74) is -0.586. The van der Waals surface area contributed by atoms with E-state index in [4.69, 9.17) is 0 Å². The second kappa shape index (κ2) is 7.67. The van der Waals surface area contributed by atoms with Gasteiger partial charge in [-0.05, 0) is 11.1 Å². The number of amides is 2. The second-order valence-corrected chi connectivity index (χ2v) is 5.39. The molecule has 0 spiro atoms. The Hall–Kier alpha value is -2.71. The van der Waals surface area contributed by atoms with Crippen molar-refractivity contribution >= 4 is 6.03 Å². The van der Waals surface area contributed by atoms with Gasteiger partial charge in [0.25, 0.3) is 0 Å². The minimum atomic E-state index is -4.88. The predicted molar refractivity (Wildman–Crippen MR) is 82.1 cm³/mol. The first-order valence-electron chi connectivity index (χ1n) is 7.39. The summed E-state index contributed by atoms with van der Waals surface area (Å²) in [5.74, 6) is 0. The van der Waals surface area contributed by atoms with Crippen LogP contribution < -0.4 is 10.6 Å². The predicted octanol–water partition coefficient (Wildman–Crippen LogP) is 4.89. The van der Waals surface area contributed by atoms with E-state index in [1.165, 1.54) is 36.4 Å². The molecule has 0 saturated heterocycles. The summed E-state index contributed by atoms with van der Waals surface area (Å²) in [6, 6.07) is 6.31. The van der Waals surface area contributed by atoms with Gasteiger partial charge in [0.05, 0.1) is 0 Å². The zero-order valence-electron chi connectivity index (χ0n) is 13.1. The summed E-state index contributed by atoms with van der Waals surface area (Å²) in [6.45, 7) is 0. The van der Waals surface area contributed by atoms with Gasteiger partial charge in [0.2, 0.25) is 0 Å². The molecule has 0 aliphatic carbocycles. The van der Waals surface area contributed by atoms with Gasteiger partial charge >= 0.3 is 18.4 Å². The van der Waals surface area contributed by atoms with Crippen molar-refractivity contribution in [1.82, 2.24) is 10.6 Å². The lowest BCUT2D eigenvalue weighted by molar-refractivity contribution is -0.158. The summed E-state index contributed by atoms with van der Waals surface area (Å²) < 4.78 is 79.2. The molecule has 0 fully saturated rings. The van der Waals surface area contributed by atoms with Crippen molar-refractivity contribution in [3.63, 3.8) is 0 Å². The molecule has 0 bridgehead atoms. The first kappa shape index (κ1) is 19.6. The molecule has 0 radical (unpaired) electrons. The minimum absolute atomic E-state index is 0.293. The summed E-state index contributed by atoms with van der Waals surface area (Å²) >= 11 is 0. The number of hydrogen-bond acceptors (Lipinski definition) is 1. The summed E-state index contributed by atoms with van der Waals surface area (Å²) in [7, 11) is 0. The lowest BCUT2D eigenvalue weighted by atomic mass is 10.1. The van der Waals surface area contributed by atoms with Gasteiger partial charge in [-0.15, -0.1) is 0 Å². The van der Waals surface area contributed by atoms with Crippen LogP contribution in [0.4, 0.5) is 31.1 Å². The Balaban J connectivity index is 2.21. The second-order valence-electron chi connectivity index (χ2n) is 5.39. The molecule has 0 unspecified atom stereocenters. The number of alkyl halides is 6. The van der Waals surface area contributed by atoms with Crippen LogP contribution in [0.1, 0.15) is 23.2 Å². The first-order chi connectivity index (χ1) is 12.1. The number of nitrogens with one attached hydrogen (secondary N) is 2. The van der Waals surface area contributed by atoms with Gasteiger partial charge in [-0.1, -0.05) is 60.7 Å². The molecule has 0 aliphatic rings. The highest BCUT2D eigenvalue weighted by atomic mass is 19.4. The van der Waals surface area contributed by atoms with E-state index in [-0.39, 0.29) is 11.1 Å². The molecule has 140 valence electrons. The van der Waals surface area contributed by atoms with Crippen molar-refractivity contribution in [3.8, 4) is 0 Å². The maximum Gasteiger partial charge on any atom is 0.412 e. The molecule has 0 heterocycles. The van der Waals surface area contributed by atoms with Crippen molar-refractivity contribution in [3.05, 3.63) is 71.8 Å². The van der Waals surface area contributed by atoms with Crippen LogP contribution in [0.3, 0.4) is 0 Å². The lowest BCUT2D eigenvalue weighted by Crippen LogP contribution is -2.47. The molecule has 9 heteroatoms. The molecule has 2 aromatic rings. The van der Waals surface area contributed by atoms with Crippen LogP contribution in [0.15, 0.2) is 60.7 Å². The SMILES string of the molecule is O=C(N[C@@H](c1ccccc1)C(F)(F)F)N[C@@H](c1ccccc1)C(F)(F)F. The Labute approximate surface area is 145 Å². The van der Waals surface area contributed by atoms with Crippen LogP contribution in [0.25, 0.3) is 0 Å². The normalized spacial score (nSPS) is 14.4. The number of urea groups is 1. The number of carbonyl (C=O) groups is 1. The number of benzene rings is 2. The largest absolute Gasteiger partial charge is 0.412 e. The van der Waals surface area contributed by atoms with Crippen LogP contribution in [0.5, 0.6) is 0 Å². The molecule has 2 aromatic carbocycles. The van der Waals surface area contributed by atoms with Crippen LogP contribution in [-0.2, 0) is 0 Å². The van der Waals surface area contributed by atoms with Gasteiger partial charge < -0.3 is 10.6 Å². The Bertz CT molecular complexity index is 654. The highest BCUT2D eigenvalue weighted by molar-refractivity contribution is 5.75. The monoisotopic (exact) mass is 376 g/mol. The van der Waals surface area contributed by atoms with Gasteiger partial charge in [0.1, 0.15) is 0 Å². The Morgan fingerprint density at radius 2 is 0.962 bits per heavy atom. The molecule has 26 heavy (non-hydrogen) atoms. The Morgan fingerprint density at radius 3 is 1.23 bits per heavy atom. The van der Waals surface area contributed by atoms with Gasteiger partial charge in [-0.3, -0.25) is 0 Å². The molecule has 0 saturated carbocycles. The molecule has 0 aliphatic heterocycles. The van der Waals surface area contributed by atoms with E-state index in [0.29, 0.717) is 0 Å². The minimum Gasteiger partial charge on any atom is -0.322 e. The molecule has 0 aromatic heterocycles. The first-order valence-corrected chi connectivity index (χ1v) is 7.39. The molecule has 2 rings (SSSR count). The van der Waals surface area contributed by atoms with E-state index >= 15 is 0 Å². The summed E-state index contributed by atoms with van der Waals surface area (Å²) in [5, 5.41) is 3.14. The molecular weight excluding hydrogens is 362 g/mol. The Morgan fingerprint density at radius 1 is 0.654 bits per heavy atom. The average molecular weight is 376 g/mol. The van der Waals surface area contributed by atoms with Crippen LogP contribution >= 0.6 is 0 Å². The molecule has 2 N–H and O–H groups in total. The highest BCUT2D eigenvalue weighted by Crippen LogP contribution is 2.34. The average Bonchev–Trinajstić information content (AvgIpc) is 2.57. The van der Waals surface area contributed by atoms with E-state index in [9.17, 15) is 31.1 Å². The summed E-state index contributed by atoms with van der Waals surface area (Å²) in [4.78, 5) is 11.9. The van der Waals surface area contributed by atoms with E-state index < -0.39 is 30.5 Å². The van der Waals surface area contributed by atoms with Crippen LogP contribution in [-0.4, -0.2) is 18.4 Å². The maximum absolute atomic E-state index is 13.2. The van der Waals surface area contributed by atoms with E-state index in [2.05, 4.69) is 0 Å². The quantitative estimate of drug-likeness (QED) is 0.733. The van der Waals surface area contributed by atoms with Gasteiger partial charge in [0, 0.05) is 0 Å². The van der Waals surface area contributed by atoms with Crippen LogP contribution in [0.2, 0.25) is 0 Å². The standard InChI is InChI=1S/C17H14F6N2O/c18-16(19,20)13(11-7-3-1-4-8-11)24-15(26)25-14(17(21,22)23)12-9-5-2-6-10-12/h1-10,13-14H,(H2,24,25,26)/t13-,14-/m0/s1. The third kappa shape index (κ3) is 5.14. The maximum atomic E-state index is 13.2. The van der Waals surface area contributed by atoms with Gasteiger partial charge in [-0.25, -0.2) is 4.79 Å². The van der Waals surface area contributed by atoms with Gasteiger partial charge in [-0.2, -0.15) is 26.3 Å². The van der Waals surface area contributed by atoms with E-state index in [0.717, 1.165) is 24.3 Å². The molecule has 2 atom stereocenters. The Kier molecular flexibility index (Phi) is 5.79. The molecule has 3 nitrogen and oxygen atoms in total. The van der Waals surface area contributed by atoms with E-state index in [1.54, 1.807) is 10.6 Å². The third-order valence-electron chi connectivity index (χ3n) is 3.47. The fourth-order valence-corrected chi connectivity index (χ4v) is 2.30. The number of carbonyl (C=O) groups excluding carboxylic acids is 1. The molecular formula is C17H14F6N2O.